The Morgan fingerprint density at radius 1 is 1.45 bits per heavy atom. The Kier molecular flexibility index (Phi) is 3.79. The van der Waals surface area contributed by atoms with E-state index in [4.69, 9.17) is 0 Å². The van der Waals surface area contributed by atoms with Crippen LogP contribution in [0, 0.1) is 6.92 Å². The highest BCUT2D eigenvalue weighted by Crippen LogP contribution is 2.32. The number of amides is 1. The Morgan fingerprint density at radius 2 is 2.27 bits per heavy atom. The monoisotopic (exact) mass is 300 g/mol. The average Bonchev–Trinajstić information content (AvgIpc) is 2.79. The van der Waals surface area contributed by atoms with Gasteiger partial charge in [0.15, 0.2) is 0 Å². The lowest BCUT2D eigenvalue weighted by Crippen LogP contribution is -2.44. The summed E-state index contributed by atoms with van der Waals surface area (Å²) in [5, 5.41) is 3.28. The lowest BCUT2D eigenvalue weighted by Gasteiger charge is -2.40. The number of carbonyl (C=O) groups is 1. The molecule has 7 nitrogen and oxygen atoms in total. The van der Waals surface area contributed by atoms with Crippen LogP contribution in [0.25, 0.3) is 0 Å². The fourth-order valence-corrected chi connectivity index (χ4v) is 2.66. The predicted molar refractivity (Wildman–Crippen MR) is 82.0 cm³/mol. The summed E-state index contributed by atoms with van der Waals surface area (Å²) in [5.41, 5.74) is 0.899. The van der Waals surface area contributed by atoms with E-state index in [0.717, 1.165) is 30.3 Å². The van der Waals surface area contributed by atoms with Crippen molar-refractivity contribution >= 4 is 11.7 Å². The molecule has 1 N–H and O–H groups in total. The van der Waals surface area contributed by atoms with Gasteiger partial charge in [-0.2, -0.15) is 0 Å². The molecule has 1 unspecified atom stereocenters. The number of aromatic nitrogens is 4. The topological polar surface area (TPSA) is 75.9 Å². The fourth-order valence-electron chi connectivity index (χ4n) is 2.66. The van der Waals surface area contributed by atoms with Crippen molar-refractivity contribution in [3.8, 4) is 0 Å². The zero-order valence-electron chi connectivity index (χ0n) is 13.1. The Morgan fingerprint density at radius 3 is 2.86 bits per heavy atom. The first-order chi connectivity index (χ1) is 10.5. The van der Waals surface area contributed by atoms with Crippen LogP contribution in [0.1, 0.15) is 36.7 Å². The Bertz CT molecular complexity index is 695. The second-order valence-corrected chi connectivity index (χ2v) is 5.55. The molecule has 3 rings (SSSR count). The summed E-state index contributed by atoms with van der Waals surface area (Å²) in [5.74, 6) is 2.50. The van der Waals surface area contributed by atoms with Crippen molar-refractivity contribution in [3.63, 3.8) is 0 Å². The van der Waals surface area contributed by atoms with Gasteiger partial charge in [-0.3, -0.25) is 4.79 Å². The standard InChI is InChI=1S/C15H20N6O/c1-10-18-12(13-4-6-21(13)11(2)22)8-14(19-10)17-9-15-16-5-7-20(15)3/h5,7-8,13H,4,6,9H2,1-3H3,(H,17,18,19). The van der Waals surface area contributed by atoms with Gasteiger partial charge in [-0.15, -0.1) is 0 Å². The molecule has 1 aliphatic heterocycles. The molecule has 0 saturated carbocycles. The molecule has 0 aliphatic carbocycles. The Balaban J connectivity index is 1.75. The van der Waals surface area contributed by atoms with Crippen molar-refractivity contribution in [1.29, 1.82) is 0 Å². The molecule has 0 spiro atoms. The smallest absolute Gasteiger partial charge is 0.220 e. The number of aryl methyl sites for hydroxylation is 2. The molecule has 1 atom stereocenters. The number of hydrogen-bond donors (Lipinski definition) is 1. The van der Waals surface area contributed by atoms with Gasteiger partial charge in [0.1, 0.15) is 17.5 Å². The lowest BCUT2D eigenvalue weighted by atomic mass is 9.99. The summed E-state index contributed by atoms with van der Waals surface area (Å²) < 4.78 is 1.96. The van der Waals surface area contributed by atoms with E-state index in [-0.39, 0.29) is 11.9 Å². The maximum absolute atomic E-state index is 11.6. The van der Waals surface area contributed by atoms with E-state index >= 15 is 0 Å². The number of likely N-dealkylation sites (tertiary alicyclic amines) is 1. The predicted octanol–water partition coefficient (Wildman–Crippen LogP) is 1.42. The highest BCUT2D eigenvalue weighted by Gasteiger charge is 2.32. The minimum absolute atomic E-state index is 0.0768. The third-order valence-electron chi connectivity index (χ3n) is 3.97. The molecule has 1 fully saturated rings. The summed E-state index contributed by atoms with van der Waals surface area (Å²) in [6.45, 7) is 4.87. The summed E-state index contributed by atoms with van der Waals surface area (Å²) >= 11 is 0. The number of nitrogens with zero attached hydrogens (tertiary/aromatic N) is 5. The number of nitrogens with one attached hydrogen (secondary N) is 1. The maximum Gasteiger partial charge on any atom is 0.220 e. The molecule has 1 aliphatic rings. The van der Waals surface area contributed by atoms with E-state index in [1.807, 2.05) is 35.7 Å². The largest absolute Gasteiger partial charge is 0.363 e. The van der Waals surface area contributed by atoms with Crippen LogP contribution in [0.3, 0.4) is 0 Å². The van der Waals surface area contributed by atoms with E-state index in [0.29, 0.717) is 12.4 Å². The van der Waals surface area contributed by atoms with Gasteiger partial charge in [0.2, 0.25) is 5.91 Å². The van der Waals surface area contributed by atoms with Crippen molar-refractivity contribution in [1.82, 2.24) is 24.4 Å². The zero-order valence-corrected chi connectivity index (χ0v) is 13.1. The molecule has 1 amide bonds. The highest BCUT2D eigenvalue weighted by molar-refractivity contribution is 5.74. The van der Waals surface area contributed by atoms with Gasteiger partial charge in [-0.1, -0.05) is 0 Å². The van der Waals surface area contributed by atoms with Crippen molar-refractivity contribution < 1.29 is 4.79 Å². The van der Waals surface area contributed by atoms with Crippen molar-refractivity contribution in [2.24, 2.45) is 7.05 Å². The number of anilines is 1. The van der Waals surface area contributed by atoms with Crippen LogP contribution in [0.2, 0.25) is 0 Å². The number of rotatable bonds is 4. The van der Waals surface area contributed by atoms with Crippen LogP contribution in [-0.4, -0.2) is 36.9 Å². The number of imidazole rings is 1. The molecule has 7 heteroatoms. The normalized spacial score (nSPS) is 17.2. The van der Waals surface area contributed by atoms with E-state index in [1.54, 1.807) is 13.1 Å². The summed E-state index contributed by atoms with van der Waals surface area (Å²) in [6.07, 6.45) is 4.63. The van der Waals surface area contributed by atoms with Gasteiger partial charge < -0.3 is 14.8 Å². The third-order valence-corrected chi connectivity index (χ3v) is 3.97. The van der Waals surface area contributed by atoms with E-state index in [2.05, 4.69) is 20.3 Å². The van der Waals surface area contributed by atoms with Crippen LogP contribution in [0.4, 0.5) is 5.82 Å². The molecule has 3 heterocycles. The molecule has 2 aromatic heterocycles. The van der Waals surface area contributed by atoms with Gasteiger partial charge >= 0.3 is 0 Å². The van der Waals surface area contributed by atoms with Crippen LogP contribution in [-0.2, 0) is 18.4 Å². The van der Waals surface area contributed by atoms with E-state index in [1.165, 1.54) is 0 Å². The molecular formula is C15H20N6O. The van der Waals surface area contributed by atoms with Crippen molar-refractivity contribution in [2.75, 3.05) is 11.9 Å². The summed E-state index contributed by atoms with van der Waals surface area (Å²) in [6, 6.07) is 2.00. The Hall–Kier alpha value is -2.44. The molecular weight excluding hydrogens is 280 g/mol. The van der Waals surface area contributed by atoms with Crippen molar-refractivity contribution in [2.45, 2.75) is 32.9 Å². The summed E-state index contributed by atoms with van der Waals surface area (Å²) in [7, 11) is 1.96. The SMILES string of the molecule is CC(=O)N1CCC1c1cc(NCc2nccn2C)nc(C)n1. The molecule has 0 radical (unpaired) electrons. The van der Waals surface area contributed by atoms with Gasteiger partial charge in [0, 0.05) is 39.0 Å². The second-order valence-electron chi connectivity index (χ2n) is 5.55. The molecule has 0 aromatic carbocycles. The van der Waals surface area contributed by atoms with Gasteiger partial charge in [-0.25, -0.2) is 15.0 Å². The molecule has 1 saturated heterocycles. The van der Waals surface area contributed by atoms with E-state index < -0.39 is 0 Å². The first kappa shape index (κ1) is 14.5. The van der Waals surface area contributed by atoms with Gasteiger partial charge in [0.05, 0.1) is 18.3 Å². The lowest BCUT2D eigenvalue weighted by molar-refractivity contribution is -0.136. The fraction of sp³-hybridized carbons (Fsp3) is 0.467. The quantitative estimate of drug-likeness (QED) is 0.924. The third kappa shape index (κ3) is 2.79. The van der Waals surface area contributed by atoms with Crippen LogP contribution in [0.15, 0.2) is 18.5 Å². The first-order valence-electron chi connectivity index (χ1n) is 7.37. The van der Waals surface area contributed by atoms with Crippen LogP contribution >= 0.6 is 0 Å². The molecule has 116 valence electrons. The molecule has 2 aromatic rings. The van der Waals surface area contributed by atoms with Gasteiger partial charge in [0.25, 0.3) is 0 Å². The minimum Gasteiger partial charge on any atom is -0.363 e. The highest BCUT2D eigenvalue weighted by atomic mass is 16.2. The summed E-state index contributed by atoms with van der Waals surface area (Å²) in [4.78, 5) is 26.6. The molecule has 22 heavy (non-hydrogen) atoms. The Labute approximate surface area is 129 Å². The van der Waals surface area contributed by atoms with Gasteiger partial charge in [-0.05, 0) is 13.3 Å². The minimum atomic E-state index is 0.0768. The van der Waals surface area contributed by atoms with E-state index in [9.17, 15) is 4.79 Å². The van der Waals surface area contributed by atoms with Crippen LogP contribution in [0.5, 0.6) is 0 Å². The molecule has 0 bridgehead atoms. The number of hydrogen-bond acceptors (Lipinski definition) is 5. The van der Waals surface area contributed by atoms with Crippen LogP contribution < -0.4 is 5.32 Å². The maximum atomic E-state index is 11.6. The first-order valence-corrected chi connectivity index (χ1v) is 7.37. The zero-order chi connectivity index (χ0) is 15.7. The second kappa shape index (κ2) is 5.75. The average molecular weight is 300 g/mol. The number of carbonyl (C=O) groups excluding carboxylic acids is 1. The van der Waals surface area contributed by atoms with Crippen molar-refractivity contribution in [3.05, 3.63) is 35.8 Å².